The number of carbonyl (C=O) groups is 2. The van der Waals surface area contributed by atoms with Crippen molar-refractivity contribution in [1.82, 2.24) is 20.2 Å². The highest BCUT2D eigenvalue weighted by molar-refractivity contribution is 7.08. The van der Waals surface area contributed by atoms with Crippen molar-refractivity contribution in [2.45, 2.75) is 26.3 Å². The molecule has 0 aliphatic rings. The van der Waals surface area contributed by atoms with Gasteiger partial charge in [-0.25, -0.2) is 4.98 Å². The zero-order chi connectivity index (χ0) is 20.8. The number of fused-ring (bicyclic) bond motifs is 1. The van der Waals surface area contributed by atoms with Crippen LogP contribution in [0.2, 0.25) is 5.02 Å². The van der Waals surface area contributed by atoms with Gasteiger partial charge >= 0.3 is 0 Å². The lowest BCUT2D eigenvalue weighted by Gasteiger charge is -2.22. The monoisotopic (exact) mass is 432 g/mol. The molecule has 7 nitrogen and oxygen atoms in total. The summed E-state index contributed by atoms with van der Waals surface area (Å²) in [5.41, 5.74) is 0.807. The maximum atomic E-state index is 12.6. The van der Waals surface area contributed by atoms with E-state index < -0.39 is 0 Å². The molecular formula is C20H21ClN4O3S. The Bertz CT molecular complexity index is 1070. The lowest BCUT2D eigenvalue weighted by atomic mass is 10.2. The van der Waals surface area contributed by atoms with Gasteiger partial charge < -0.3 is 15.2 Å². The summed E-state index contributed by atoms with van der Waals surface area (Å²) in [6, 6.07) is 6.62. The minimum atomic E-state index is -0.270. The van der Waals surface area contributed by atoms with Crippen molar-refractivity contribution in [1.29, 1.82) is 0 Å². The van der Waals surface area contributed by atoms with E-state index in [0.717, 1.165) is 6.42 Å². The zero-order valence-corrected chi connectivity index (χ0v) is 17.5. The van der Waals surface area contributed by atoms with E-state index in [1.165, 1.54) is 11.3 Å². The molecule has 0 unspecified atom stereocenters. The number of thiophene rings is 1. The number of amides is 2. The third kappa shape index (κ3) is 5.42. The SMILES string of the molecule is CCCN(Cc1nc2cc(Cl)ccc2c(=O)[nH]1)C(=O)CCNC(=O)c1ccsc1. The van der Waals surface area contributed by atoms with Crippen molar-refractivity contribution in [2.75, 3.05) is 13.1 Å². The van der Waals surface area contributed by atoms with E-state index >= 15 is 0 Å². The highest BCUT2D eigenvalue weighted by Crippen LogP contribution is 2.15. The Morgan fingerprint density at radius 2 is 2.14 bits per heavy atom. The van der Waals surface area contributed by atoms with Crippen LogP contribution in [0.4, 0.5) is 0 Å². The van der Waals surface area contributed by atoms with Gasteiger partial charge in [0.15, 0.2) is 0 Å². The molecule has 29 heavy (non-hydrogen) atoms. The van der Waals surface area contributed by atoms with Gasteiger partial charge in [0.25, 0.3) is 11.5 Å². The Balaban J connectivity index is 1.66. The molecule has 3 aromatic rings. The average molecular weight is 433 g/mol. The van der Waals surface area contributed by atoms with Crippen LogP contribution in [0.15, 0.2) is 39.8 Å². The first kappa shape index (κ1) is 21.0. The van der Waals surface area contributed by atoms with Crippen LogP contribution in [-0.2, 0) is 11.3 Å². The lowest BCUT2D eigenvalue weighted by Crippen LogP contribution is -2.35. The number of hydrogen-bond donors (Lipinski definition) is 2. The number of halogens is 1. The van der Waals surface area contributed by atoms with E-state index in [1.807, 2.05) is 12.3 Å². The van der Waals surface area contributed by atoms with Crippen LogP contribution < -0.4 is 10.9 Å². The van der Waals surface area contributed by atoms with Crippen LogP contribution >= 0.6 is 22.9 Å². The van der Waals surface area contributed by atoms with Gasteiger partial charge in [0.05, 0.1) is 17.4 Å². The second kappa shape index (κ2) is 9.67. The molecule has 0 aliphatic heterocycles. The van der Waals surface area contributed by atoms with E-state index in [-0.39, 0.29) is 36.9 Å². The van der Waals surface area contributed by atoms with Crippen molar-refractivity contribution in [3.63, 3.8) is 0 Å². The summed E-state index contributed by atoms with van der Waals surface area (Å²) in [5, 5.41) is 7.27. The first-order chi connectivity index (χ1) is 14.0. The Morgan fingerprint density at radius 1 is 1.31 bits per heavy atom. The first-order valence-corrected chi connectivity index (χ1v) is 10.6. The predicted molar refractivity (Wildman–Crippen MR) is 114 cm³/mol. The number of benzene rings is 1. The fraction of sp³-hybridized carbons (Fsp3) is 0.300. The molecule has 152 valence electrons. The van der Waals surface area contributed by atoms with Crippen molar-refractivity contribution in [2.24, 2.45) is 0 Å². The first-order valence-electron chi connectivity index (χ1n) is 9.24. The number of nitrogens with one attached hydrogen (secondary N) is 2. The van der Waals surface area contributed by atoms with Crippen LogP contribution in [0.1, 0.15) is 35.9 Å². The van der Waals surface area contributed by atoms with Gasteiger partial charge in [-0.2, -0.15) is 11.3 Å². The molecule has 2 N–H and O–H groups in total. The van der Waals surface area contributed by atoms with Crippen molar-refractivity contribution < 1.29 is 9.59 Å². The Labute approximate surface area is 176 Å². The second-order valence-electron chi connectivity index (χ2n) is 6.51. The topological polar surface area (TPSA) is 95.2 Å². The van der Waals surface area contributed by atoms with Crippen LogP contribution in [0.3, 0.4) is 0 Å². The number of carbonyl (C=O) groups excluding carboxylic acids is 2. The second-order valence-corrected chi connectivity index (χ2v) is 7.72. The summed E-state index contributed by atoms with van der Waals surface area (Å²) in [7, 11) is 0. The summed E-state index contributed by atoms with van der Waals surface area (Å²) in [6.07, 6.45) is 0.927. The third-order valence-electron chi connectivity index (χ3n) is 4.31. The Morgan fingerprint density at radius 3 is 2.86 bits per heavy atom. The molecule has 0 aliphatic carbocycles. The van der Waals surface area contributed by atoms with Crippen LogP contribution in [0.5, 0.6) is 0 Å². The molecule has 0 fully saturated rings. The van der Waals surface area contributed by atoms with Crippen molar-refractivity contribution in [3.05, 3.63) is 61.8 Å². The van der Waals surface area contributed by atoms with Crippen molar-refractivity contribution >= 4 is 45.7 Å². The number of rotatable bonds is 8. The Hall–Kier alpha value is -2.71. The fourth-order valence-corrected chi connectivity index (χ4v) is 3.72. The third-order valence-corrected chi connectivity index (χ3v) is 5.23. The molecule has 2 aromatic heterocycles. The van der Waals surface area contributed by atoms with Crippen LogP contribution in [0, 0.1) is 0 Å². The smallest absolute Gasteiger partial charge is 0.258 e. The molecule has 0 saturated heterocycles. The maximum absolute atomic E-state index is 12.6. The van der Waals surface area contributed by atoms with E-state index in [2.05, 4.69) is 15.3 Å². The van der Waals surface area contributed by atoms with Gasteiger partial charge in [-0.05, 0) is 36.1 Å². The van der Waals surface area contributed by atoms with Gasteiger partial charge in [-0.3, -0.25) is 14.4 Å². The Kier molecular flexibility index (Phi) is 7.00. The molecule has 2 amide bonds. The molecule has 0 radical (unpaired) electrons. The highest BCUT2D eigenvalue weighted by Gasteiger charge is 2.16. The highest BCUT2D eigenvalue weighted by atomic mass is 35.5. The van der Waals surface area contributed by atoms with E-state index in [1.54, 1.807) is 34.5 Å². The number of aromatic nitrogens is 2. The number of hydrogen-bond acceptors (Lipinski definition) is 5. The van der Waals surface area contributed by atoms with Crippen LogP contribution in [-0.4, -0.2) is 39.8 Å². The largest absolute Gasteiger partial charge is 0.351 e. The van der Waals surface area contributed by atoms with E-state index in [9.17, 15) is 14.4 Å². The molecule has 0 atom stereocenters. The van der Waals surface area contributed by atoms with Crippen LogP contribution in [0.25, 0.3) is 10.9 Å². The average Bonchev–Trinajstić information content (AvgIpc) is 3.22. The molecule has 0 spiro atoms. The predicted octanol–water partition coefficient (Wildman–Crippen LogP) is 3.20. The molecule has 3 rings (SSSR count). The molecule has 0 bridgehead atoms. The number of nitrogens with zero attached hydrogens (tertiary/aromatic N) is 2. The molecule has 0 saturated carbocycles. The van der Waals surface area contributed by atoms with E-state index in [4.69, 9.17) is 11.6 Å². The van der Waals surface area contributed by atoms with Crippen molar-refractivity contribution in [3.8, 4) is 0 Å². The molecule has 2 heterocycles. The number of aromatic amines is 1. The number of H-pyrrole nitrogens is 1. The molecule has 1 aromatic carbocycles. The van der Waals surface area contributed by atoms with Gasteiger partial charge in [-0.15, -0.1) is 0 Å². The van der Waals surface area contributed by atoms with Gasteiger partial charge in [0.2, 0.25) is 5.91 Å². The normalized spacial score (nSPS) is 10.8. The van der Waals surface area contributed by atoms with Gasteiger partial charge in [0.1, 0.15) is 5.82 Å². The summed E-state index contributed by atoms with van der Waals surface area (Å²) in [5.74, 6) is 0.0821. The maximum Gasteiger partial charge on any atom is 0.258 e. The molecular weight excluding hydrogens is 412 g/mol. The summed E-state index contributed by atoms with van der Waals surface area (Å²) in [6.45, 7) is 2.91. The minimum Gasteiger partial charge on any atom is -0.351 e. The summed E-state index contributed by atoms with van der Waals surface area (Å²) in [4.78, 5) is 45.7. The zero-order valence-electron chi connectivity index (χ0n) is 15.9. The van der Waals surface area contributed by atoms with Gasteiger partial charge in [0, 0.05) is 35.5 Å². The summed E-state index contributed by atoms with van der Waals surface area (Å²) < 4.78 is 0. The summed E-state index contributed by atoms with van der Waals surface area (Å²) >= 11 is 7.44. The van der Waals surface area contributed by atoms with E-state index in [0.29, 0.717) is 33.9 Å². The molecule has 9 heteroatoms. The minimum absolute atomic E-state index is 0.119. The quantitative estimate of drug-likeness (QED) is 0.571. The lowest BCUT2D eigenvalue weighted by molar-refractivity contribution is -0.131. The van der Waals surface area contributed by atoms with Gasteiger partial charge in [-0.1, -0.05) is 18.5 Å². The fourth-order valence-electron chi connectivity index (χ4n) is 2.92. The standard InChI is InChI=1S/C20H21ClN4O3S/c1-2-8-25(18(26)5-7-22-19(27)13-6-9-29-12-13)11-17-23-16-10-14(21)3-4-15(16)20(28)24-17/h3-4,6,9-10,12H,2,5,7-8,11H2,1H3,(H,22,27)(H,23,24,28).